The van der Waals surface area contributed by atoms with Crippen molar-refractivity contribution in [3.05, 3.63) is 0 Å². The van der Waals surface area contributed by atoms with Crippen LogP contribution in [0.4, 0.5) is 13.2 Å². The second-order valence-corrected chi connectivity index (χ2v) is 33.0. The van der Waals surface area contributed by atoms with Crippen LogP contribution in [-0.2, 0) is 62.3 Å². The average Bonchev–Trinajstić information content (AvgIpc) is 1.75. The highest BCUT2D eigenvalue weighted by atomic mass is 35.5. The molecule has 0 aromatic carbocycles. The normalized spacial score (nSPS) is 28.7. The maximum Gasteiger partial charge on any atom is 0.393 e. The summed E-state index contributed by atoms with van der Waals surface area (Å²) in [6.07, 6.45) is 6.45. The zero-order valence-electron chi connectivity index (χ0n) is 65.3. The first kappa shape index (κ1) is 87.6. The highest BCUT2D eigenvalue weighted by Crippen LogP contribution is 2.44. The van der Waals surface area contributed by atoms with Crippen molar-refractivity contribution in [2.75, 3.05) is 102 Å². The number of rotatable bonds is 16. The summed E-state index contributed by atoms with van der Waals surface area (Å²) in [5.74, 6) is -10.9. The number of piperidine rings is 1. The third-order valence-corrected chi connectivity index (χ3v) is 24.1. The van der Waals surface area contributed by atoms with Gasteiger partial charge in [-0.25, -0.2) is 0 Å². The first-order valence-electron chi connectivity index (χ1n) is 39.0. The molecule has 2 heterocycles. The second-order valence-electron chi connectivity index (χ2n) is 32.4. The standard InChI is InChI=1S/C76H126ClF3N12O13/c1-15-50(6)65-72(102)86(9)45-63(95)84(7)46-64(96)88(11)58(42-51-26-18-16-19-27-51)70(100)85(8)44-61(93)81-56(33-31-52-30-32-54(55(77)41-52)76(78,79)80)69(99)90(13)60(47-105-39-34-48(2)3)68(98)83-75(35-22-23-36-75)74(104)91(14)66(53-28-20-21-29-53)73(103)89(12)59(71(101)92-37-24-17-25-38-92)43-62(94)87(10)57(40-49(4)5)67(97)82-65/h48-60,65-66H,15-47H2,1-14H3,(H,81,93)(H,82,97)(H,83,98)/t50-,52?,54?,55?,56-,57-,58-,59-,60+,65-,66-/m0/s1. The zero-order valence-corrected chi connectivity index (χ0v) is 66.1. The second kappa shape index (κ2) is 40.2. The van der Waals surface area contributed by atoms with E-state index in [1.165, 1.54) is 76.0 Å². The van der Waals surface area contributed by atoms with Gasteiger partial charge in [0.15, 0.2) is 0 Å². The van der Waals surface area contributed by atoms with Crippen LogP contribution in [-0.4, -0.2) is 277 Å². The zero-order chi connectivity index (χ0) is 77.9. The van der Waals surface area contributed by atoms with Crippen LogP contribution in [0.25, 0.3) is 0 Å². The Kier molecular flexibility index (Phi) is 33.5. The molecule has 1 spiro atoms. The summed E-state index contributed by atoms with van der Waals surface area (Å²) in [6.45, 7) is 10.2. The van der Waals surface area contributed by atoms with Crippen LogP contribution in [0, 0.1) is 41.4 Å². The molecule has 0 radical (unpaired) electrons. The fraction of sp³-hybridized carbons (Fsp3) is 0.842. The molecule has 6 rings (SSSR count). The van der Waals surface area contributed by atoms with Gasteiger partial charge in [-0.15, -0.1) is 11.6 Å². The van der Waals surface area contributed by atoms with Crippen LogP contribution in [0.2, 0.25) is 0 Å². The number of hydrogen-bond acceptors (Lipinski definition) is 13. The third-order valence-electron chi connectivity index (χ3n) is 23.6. The molecule has 4 aliphatic carbocycles. The number of likely N-dealkylation sites (N-methyl/N-ethyl adjacent to an activating group) is 8. The monoisotopic (exact) mass is 1510 g/mol. The molecule has 25 nitrogen and oxygen atoms in total. The molecule has 596 valence electrons. The molecule has 0 bridgehead atoms. The lowest BCUT2D eigenvalue weighted by atomic mass is 9.78. The SMILES string of the molecule is CC[C@H](C)[C@@H]1NC(=O)[C@H](CC(C)C)N(C)C(=O)C[C@@H](C(=O)N2CCCCC2)N(C)C(=O)[C@H](C2CCCC2)N(C)C(=O)C2(CCCC2)NC(=O)[C@@H](COCCC(C)C)N(C)C(=O)[C@H](CCC2CCC(C(F)(F)F)C(Cl)C2)NC(=O)CN(C)C(=O)[C@H](CC2CCCCC2)N(C)C(=O)CN(C)C(=O)CN(C)C1=O. The van der Waals surface area contributed by atoms with Crippen molar-refractivity contribution in [2.45, 2.75) is 268 Å². The van der Waals surface area contributed by atoms with E-state index >= 15 is 28.8 Å². The molecular weight excluding hydrogens is 1380 g/mol. The topological polar surface area (TPSA) is 279 Å². The molecular formula is C76H126ClF3N12O13. The number of nitrogens with one attached hydrogen (secondary N) is 3. The van der Waals surface area contributed by atoms with Crippen LogP contribution in [0.5, 0.6) is 0 Å². The fourth-order valence-corrected chi connectivity index (χ4v) is 16.9. The summed E-state index contributed by atoms with van der Waals surface area (Å²) in [6, 6.07) is -9.04. The Labute approximate surface area is 626 Å². The molecule has 29 heteroatoms. The number of likely N-dealkylation sites (tertiary alicyclic amines) is 1. The average molecular weight is 1510 g/mol. The lowest BCUT2D eigenvalue weighted by molar-refractivity contribution is -0.182. The molecule has 4 saturated carbocycles. The van der Waals surface area contributed by atoms with Crippen molar-refractivity contribution < 1.29 is 75.4 Å². The van der Waals surface area contributed by atoms with Gasteiger partial charge in [0.1, 0.15) is 47.8 Å². The van der Waals surface area contributed by atoms with Crippen LogP contribution >= 0.6 is 11.6 Å². The van der Waals surface area contributed by atoms with Crippen molar-refractivity contribution in [1.82, 2.24) is 60.0 Å². The largest absolute Gasteiger partial charge is 0.393 e. The van der Waals surface area contributed by atoms with Gasteiger partial charge in [-0.3, -0.25) is 57.5 Å². The molecule has 6 aliphatic rings. The minimum Gasteiger partial charge on any atom is -0.379 e. The molecule has 3 N–H and O–H groups in total. The Hall–Kier alpha value is -6.32. The van der Waals surface area contributed by atoms with E-state index in [9.17, 15) is 41.9 Å². The van der Waals surface area contributed by atoms with Gasteiger partial charge >= 0.3 is 6.18 Å². The number of halogens is 4. The summed E-state index contributed by atoms with van der Waals surface area (Å²) < 4.78 is 48.5. The third kappa shape index (κ3) is 23.8. The van der Waals surface area contributed by atoms with E-state index in [0.29, 0.717) is 64.5 Å². The van der Waals surface area contributed by atoms with Crippen molar-refractivity contribution in [3.8, 4) is 0 Å². The first-order chi connectivity index (χ1) is 49.4. The summed E-state index contributed by atoms with van der Waals surface area (Å²) in [5, 5.41) is 7.56. The van der Waals surface area contributed by atoms with Gasteiger partial charge in [-0.2, -0.15) is 13.2 Å². The van der Waals surface area contributed by atoms with E-state index in [4.69, 9.17) is 16.3 Å². The fourth-order valence-electron chi connectivity index (χ4n) is 16.4. The minimum atomic E-state index is -4.53. The van der Waals surface area contributed by atoms with Gasteiger partial charge < -0.3 is 64.8 Å². The maximum atomic E-state index is 15.9. The van der Waals surface area contributed by atoms with Crippen LogP contribution < -0.4 is 16.0 Å². The lowest BCUT2D eigenvalue weighted by Crippen LogP contribution is -2.66. The van der Waals surface area contributed by atoms with E-state index in [1.54, 1.807) is 11.8 Å². The molecule has 105 heavy (non-hydrogen) atoms. The maximum absolute atomic E-state index is 15.9. The Balaban J connectivity index is 1.46. The molecule has 0 aromatic rings. The summed E-state index contributed by atoms with van der Waals surface area (Å²) in [5.41, 5.74) is -1.64. The lowest BCUT2D eigenvalue weighted by Gasteiger charge is -2.42. The van der Waals surface area contributed by atoms with Crippen molar-refractivity contribution in [2.24, 2.45) is 41.4 Å². The minimum absolute atomic E-state index is 0.0151. The summed E-state index contributed by atoms with van der Waals surface area (Å²) in [4.78, 5) is 192. The van der Waals surface area contributed by atoms with Crippen molar-refractivity contribution >= 4 is 82.5 Å². The van der Waals surface area contributed by atoms with Gasteiger partial charge in [-0.1, -0.05) is 106 Å². The van der Waals surface area contributed by atoms with Crippen LogP contribution in [0.15, 0.2) is 0 Å². The molecule has 6 fully saturated rings. The van der Waals surface area contributed by atoms with E-state index in [-0.39, 0.29) is 88.8 Å². The van der Waals surface area contributed by atoms with Gasteiger partial charge in [0.05, 0.1) is 38.6 Å². The van der Waals surface area contributed by atoms with E-state index < -0.39 is 180 Å². The Morgan fingerprint density at radius 3 is 1.76 bits per heavy atom. The quantitative estimate of drug-likeness (QED) is 0.104. The molecule has 2 aliphatic heterocycles. The van der Waals surface area contributed by atoms with Gasteiger partial charge in [-0.05, 0) is 132 Å². The highest BCUT2D eigenvalue weighted by molar-refractivity contribution is 6.21. The van der Waals surface area contributed by atoms with Crippen molar-refractivity contribution in [1.29, 1.82) is 0 Å². The Morgan fingerprint density at radius 2 is 1.17 bits per heavy atom. The predicted octanol–water partition coefficient (Wildman–Crippen LogP) is 6.99. The summed E-state index contributed by atoms with van der Waals surface area (Å²) in [7, 11) is 11.4. The molecule has 12 amide bonds. The number of nitrogens with zero attached hydrogens (tertiary/aromatic N) is 9. The predicted molar refractivity (Wildman–Crippen MR) is 392 cm³/mol. The van der Waals surface area contributed by atoms with E-state index in [2.05, 4.69) is 16.0 Å². The summed E-state index contributed by atoms with van der Waals surface area (Å²) >= 11 is 6.44. The van der Waals surface area contributed by atoms with Crippen molar-refractivity contribution in [3.63, 3.8) is 0 Å². The van der Waals surface area contributed by atoms with Crippen LogP contribution in [0.1, 0.15) is 208 Å². The van der Waals surface area contributed by atoms with Gasteiger partial charge in [0.25, 0.3) is 0 Å². The smallest absolute Gasteiger partial charge is 0.379 e. The first-order valence-corrected chi connectivity index (χ1v) is 39.4. The Morgan fingerprint density at radius 1 is 0.581 bits per heavy atom. The van der Waals surface area contributed by atoms with Gasteiger partial charge in [0, 0.05) is 81.5 Å². The highest BCUT2D eigenvalue weighted by Gasteiger charge is 2.52. The number of carbonyl (C=O) groups is 12. The van der Waals surface area contributed by atoms with Crippen LogP contribution in [0.3, 0.4) is 0 Å². The molecule has 11 atom stereocenters. The number of alkyl halides is 4. The molecule has 2 saturated heterocycles. The van der Waals surface area contributed by atoms with E-state index in [0.717, 1.165) is 71.0 Å². The number of ether oxygens (including phenoxy) is 1. The number of amides is 12. The molecule has 3 unspecified atom stereocenters. The Bertz CT molecular complexity index is 2980. The van der Waals surface area contributed by atoms with E-state index in [1.807, 2.05) is 34.6 Å². The number of carbonyl (C=O) groups excluding carboxylic acids is 12. The molecule has 0 aromatic heterocycles. The van der Waals surface area contributed by atoms with Gasteiger partial charge in [0.2, 0.25) is 70.9 Å². The number of hydrogen-bond donors (Lipinski definition) is 3.